The molecular weight excluding hydrogens is 462 g/mol. The number of nitrogen functional groups attached to an aromatic ring is 1. The Morgan fingerprint density at radius 3 is 2.77 bits per heavy atom. The van der Waals surface area contributed by atoms with Crippen molar-refractivity contribution >= 4 is 45.5 Å². The minimum Gasteiger partial charge on any atom is -0.494 e. The molecule has 1 atom stereocenters. The fraction of sp³-hybridized carbons (Fsp3) is 0.308. The van der Waals surface area contributed by atoms with Crippen molar-refractivity contribution in [1.29, 1.82) is 0 Å². The van der Waals surface area contributed by atoms with Crippen LogP contribution in [0.2, 0.25) is 5.02 Å². The van der Waals surface area contributed by atoms with E-state index in [2.05, 4.69) is 50.9 Å². The summed E-state index contributed by atoms with van der Waals surface area (Å²) in [6, 6.07) is 12.4. The zero-order valence-electron chi connectivity index (χ0n) is 20.4. The van der Waals surface area contributed by atoms with Crippen LogP contribution in [0.1, 0.15) is 6.42 Å². The summed E-state index contributed by atoms with van der Waals surface area (Å²) in [4.78, 5) is 13.7. The number of ether oxygens (including phenoxy) is 1. The summed E-state index contributed by atoms with van der Waals surface area (Å²) in [6.45, 7) is 2.09. The van der Waals surface area contributed by atoms with Gasteiger partial charge in [0.15, 0.2) is 0 Å². The maximum absolute atomic E-state index is 6.54. The molecule has 2 aromatic heterocycles. The van der Waals surface area contributed by atoms with Gasteiger partial charge in [-0.05, 0) is 32.1 Å². The molecule has 0 amide bonds. The van der Waals surface area contributed by atoms with Crippen LogP contribution >= 0.6 is 11.6 Å². The summed E-state index contributed by atoms with van der Waals surface area (Å²) < 4.78 is 7.77. The Kier molecular flexibility index (Phi) is 6.17. The number of aryl methyl sites for hydroxylation is 1. The molecule has 0 spiro atoms. The highest BCUT2D eigenvalue weighted by Crippen LogP contribution is 2.38. The molecule has 35 heavy (non-hydrogen) atoms. The third-order valence-electron chi connectivity index (χ3n) is 6.79. The van der Waals surface area contributed by atoms with E-state index in [4.69, 9.17) is 27.1 Å². The van der Waals surface area contributed by atoms with Gasteiger partial charge >= 0.3 is 0 Å². The maximum atomic E-state index is 6.54. The Labute approximate surface area is 210 Å². The lowest BCUT2D eigenvalue weighted by Crippen LogP contribution is -2.34. The Morgan fingerprint density at radius 1 is 1.23 bits per heavy atom. The van der Waals surface area contributed by atoms with Gasteiger partial charge in [-0.15, -0.1) is 0 Å². The number of benzene rings is 2. The van der Waals surface area contributed by atoms with Gasteiger partial charge < -0.3 is 30.2 Å². The van der Waals surface area contributed by atoms with Gasteiger partial charge in [-0.25, -0.2) is 9.97 Å². The Bertz CT molecular complexity index is 1390. The first kappa shape index (κ1) is 23.3. The number of methoxy groups -OCH3 is 1. The molecule has 3 heterocycles. The molecule has 1 aliphatic rings. The van der Waals surface area contributed by atoms with Crippen molar-refractivity contribution in [3.63, 3.8) is 0 Å². The van der Waals surface area contributed by atoms with Crippen LogP contribution < -0.4 is 20.7 Å². The number of rotatable bonds is 6. The van der Waals surface area contributed by atoms with Crippen LogP contribution in [0.4, 0.5) is 23.0 Å². The maximum Gasteiger partial charge on any atom is 0.227 e. The molecule has 0 aliphatic carbocycles. The molecule has 0 radical (unpaired) electrons. The van der Waals surface area contributed by atoms with Crippen LogP contribution in [-0.2, 0) is 7.05 Å². The monoisotopic (exact) mass is 491 g/mol. The van der Waals surface area contributed by atoms with E-state index in [-0.39, 0.29) is 0 Å². The summed E-state index contributed by atoms with van der Waals surface area (Å²) in [5, 5.41) is 4.84. The van der Waals surface area contributed by atoms with Gasteiger partial charge in [-0.3, -0.25) is 0 Å². The molecule has 0 bridgehead atoms. The normalized spacial score (nSPS) is 16.1. The van der Waals surface area contributed by atoms with Crippen molar-refractivity contribution in [2.45, 2.75) is 12.5 Å². The number of nitrogens with zero attached hydrogens (tertiary/aromatic N) is 5. The van der Waals surface area contributed by atoms with E-state index in [1.165, 1.54) is 0 Å². The number of anilines is 4. The number of likely N-dealkylation sites (tertiary alicyclic amines) is 1. The van der Waals surface area contributed by atoms with Crippen molar-refractivity contribution in [2.75, 3.05) is 50.2 Å². The molecular formula is C26H30ClN7O. The van der Waals surface area contributed by atoms with Crippen molar-refractivity contribution in [3.8, 4) is 17.0 Å². The molecule has 1 aliphatic heterocycles. The minimum absolute atomic E-state index is 0.411. The van der Waals surface area contributed by atoms with Gasteiger partial charge in [0.25, 0.3) is 0 Å². The molecule has 1 saturated heterocycles. The molecule has 1 unspecified atom stereocenters. The first-order valence-corrected chi connectivity index (χ1v) is 12.0. The van der Waals surface area contributed by atoms with E-state index in [1.807, 2.05) is 37.5 Å². The summed E-state index contributed by atoms with van der Waals surface area (Å²) >= 11 is 6.54. The largest absolute Gasteiger partial charge is 0.494 e. The molecule has 2 aromatic carbocycles. The fourth-order valence-corrected chi connectivity index (χ4v) is 5.04. The van der Waals surface area contributed by atoms with Gasteiger partial charge in [-0.2, -0.15) is 0 Å². The van der Waals surface area contributed by atoms with E-state index < -0.39 is 0 Å². The van der Waals surface area contributed by atoms with Crippen molar-refractivity contribution in [1.82, 2.24) is 19.4 Å². The zero-order chi connectivity index (χ0) is 24.7. The van der Waals surface area contributed by atoms with Crippen LogP contribution in [0, 0.1) is 0 Å². The van der Waals surface area contributed by atoms with Crippen LogP contribution in [0.5, 0.6) is 5.75 Å². The van der Waals surface area contributed by atoms with Crippen LogP contribution in [0.25, 0.3) is 22.2 Å². The number of aromatic nitrogens is 3. The molecule has 3 N–H and O–H groups in total. The van der Waals surface area contributed by atoms with Crippen LogP contribution in [-0.4, -0.2) is 59.8 Å². The quantitative estimate of drug-likeness (QED) is 0.376. The Morgan fingerprint density at radius 2 is 2.03 bits per heavy atom. The SMILES string of the molecule is COc1cc(N(C)C2CCN(C)C2)c(N)cc1Nc1ncc(Cl)c(-c2cn(C)c3ccccc23)n1. The third kappa shape index (κ3) is 4.35. The summed E-state index contributed by atoms with van der Waals surface area (Å²) in [7, 11) is 7.88. The predicted molar refractivity (Wildman–Crippen MR) is 144 cm³/mol. The highest BCUT2D eigenvalue weighted by Gasteiger charge is 2.25. The zero-order valence-corrected chi connectivity index (χ0v) is 21.2. The molecule has 5 rings (SSSR count). The van der Waals surface area contributed by atoms with E-state index in [0.29, 0.717) is 39.8 Å². The number of nitrogens with one attached hydrogen (secondary N) is 1. The van der Waals surface area contributed by atoms with Crippen molar-refractivity contribution < 1.29 is 4.74 Å². The number of likely N-dealkylation sites (N-methyl/N-ethyl adjacent to an activating group) is 2. The first-order chi connectivity index (χ1) is 16.9. The van der Waals surface area contributed by atoms with Crippen LogP contribution in [0.3, 0.4) is 0 Å². The number of para-hydroxylation sites is 1. The molecule has 182 valence electrons. The van der Waals surface area contributed by atoms with Gasteiger partial charge in [-0.1, -0.05) is 29.8 Å². The van der Waals surface area contributed by atoms with E-state index in [0.717, 1.165) is 41.7 Å². The van der Waals surface area contributed by atoms with E-state index in [1.54, 1.807) is 13.3 Å². The molecule has 4 aromatic rings. The van der Waals surface area contributed by atoms with Crippen LogP contribution in [0.15, 0.2) is 48.8 Å². The summed E-state index contributed by atoms with van der Waals surface area (Å²) in [5.41, 5.74) is 11.5. The molecule has 8 nitrogen and oxygen atoms in total. The molecule has 0 saturated carbocycles. The van der Waals surface area contributed by atoms with Crippen molar-refractivity contribution in [2.24, 2.45) is 7.05 Å². The summed E-state index contributed by atoms with van der Waals surface area (Å²) in [6.07, 6.45) is 4.75. The second kappa shape index (κ2) is 9.28. The predicted octanol–water partition coefficient (Wildman–Crippen LogP) is 4.76. The Hall–Kier alpha value is -3.49. The lowest BCUT2D eigenvalue weighted by Gasteiger charge is -2.28. The second-order valence-corrected chi connectivity index (χ2v) is 9.52. The van der Waals surface area contributed by atoms with Crippen molar-refractivity contribution in [3.05, 3.63) is 53.8 Å². The number of hydrogen-bond donors (Lipinski definition) is 2. The van der Waals surface area contributed by atoms with Gasteiger partial charge in [0.1, 0.15) is 5.75 Å². The average molecular weight is 492 g/mol. The average Bonchev–Trinajstić information content (AvgIpc) is 3.43. The minimum atomic E-state index is 0.411. The Balaban J connectivity index is 1.48. The van der Waals surface area contributed by atoms with Gasteiger partial charge in [0.05, 0.1) is 41.1 Å². The number of hydrogen-bond acceptors (Lipinski definition) is 7. The number of fused-ring (bicyclic) bond motifs is 1. The van der Waals surface area contributed by atoms with E-state index >= 15 is 0 Å². The summed E-state index contributed by atoms with van der Waals surface area (Å²) in [5.74, 6) is 1.08. The molecule has 9 heteroatoms. The van der Waals surface area contributed by atoms with Gasteiger partial charge in [0.2, 0.25) is 5.95 Å². The number of nitrogens with two attached hydrogens (primary N) is 1. The third-order valence-corrected chi connectivity index (χ3v) is 7.06. The topological polar surface area (TPSA) is 84.5 Å². The molecule has 1 fully saturated rings. The smallest absolute Gasteiger partial charge is 0.227 e. The second-order valence-electron chi connectivity index (χ2n) is 9.11. The number of halogens is 1. The standard InChI is InChI=1S/C26H30ClN7O/c1-32-10-9-16(14-32)34(3)23-12-24(35-4)21(11-20(23)28)30-26-29-13-19(27)25(31-26)18-15-33(2)22-8-6-5-7-17(18)22/h5-8,11-13,15-16H,9-10,14,28H2,1-4H3,(H,29,30,31). The lowest BCUT2D eigenvalue weighted by molar-refractivity contribution is 0.409. The lowest BCUT2D eigenvalue weighted by atomic mass is 10.1. The van der Waals surface area contributed by atoms with Gasteiger partial charge in [0, 0.05) is 55.4 Å². The highest BCUT2D eigenvalue weighted by molar-refractivity contribution is 6.33. The van der Waals surface area contributed by atoms with E-state index in [9.17, 15) is 0 Å². The fourth-order valence-electron chi connectivity index (χ4n) is 4.85. The highest BCUT2D eigenvalue weighted by atomic mass is 35.5. The first-order valence-electron chi connectivity index (χ1n) is 11.6.